The highest BCUT2D eigenvalue weighted by molar-refractivity contribution is 5.88. The van der Waals surface area contributed by atoms with E-state index in [2.05, 4.69) is 44.5 Å². The lowest BCUT2D eigenvalue weighted by molar-refractivity contribution is -0.0670. The van der Waals surface area contributed by atoms with E-state index < -0.39 is 11.5 Å². The van der Waals surface area contributed by atoms with Crippen LogP contribution in [0.2, 0.25) is 0 Å². The zero-order valence-corrected chi connectivity index (χ0v) is 19.4. The van der Waals surface area contributed by atoms with E-state index in [0.717, 1.165) is 37.6 Å². The normalized spacial score (nSPS) is 25.0. The third kappa shape index (κ3) is 4.14. The molecule has 31 heavy (non-hydrogen) atoms. The first-order chi connectivity index (χ1) is 14.5. The second-order valence-corrected chi connectivity index (χ2v) is 11.3. The van der Waals surface area contributed by atoms with E-state index >= 15 is 0 Å². The van der Waals surface area contributed by atoms with E-state index in [1.165, 1.54) is 6.42 Å². The molecule has 1 aromatic heterocycles. The van der Waals surface area contributed by atoms with Gasteiger partial charge in [0.2, 0.25) is 5.69 Å². The van der Waals surface area contributed by atoms with E-state index in [-0.39, 0.29) is 22.7 Å². The van der Waals surface area contributed by atoms with Crippen LogP contribution in [-0.2, 0) is 0 Å². The Hall–Kier alpha value is -2.21. The molecule has 6 nitrogen and oxygen atoms in total. The van der Waals surface area contributed by atoms with Crippen LogP contribution in [0.15, 0.2) is 29.1 Å². The minimum atomic E-state index is -1.26. The van der Waals surface area contributed by atoms with E-state index in [9.17, 15) is 14.7 Å². The van der Waals surface area contributed by atoms with Crippen LogP contribution in [-0.4, -0.2) is 43.1 Å². The van der Waals surface area contributed by atoms with Gasteiger partial charge in [-0.05, 0) is 63.5 Å². The summed E-state index contributed by atoms with van der Waals surface area (Å²) in [6.07, 6.45) is 6.33. The quantitative estimate of drug-likeness (QED) is 0.756. The van der Waals surface area contributed by atoms with Gasteiger partial charge in [-0.1, -0.05) is 39.3 Å². The number of carboxylic acid groups (broad SMARTS) is 1. The Kier molecular flexibility index (Phi) is 5.49. The average Bonchev–Trinajstić information content (AvgIpc) is 2.64. The number of para-hydroxylation sites is 2. The largest absolute Gasteiger partial charge is 0.476 e. The van der Waals surface area contributed by atoms with Crippen molar-refractivity contribution in [1.29, 1.82) is 0 Å². The maximum Gasteiger partial charge on any atom is 0.360 e. The lowest BCUT2D eigenvalue weighted by atomic mass is 9.74. The molecule has 168 valence electrons. The second kappa shape index (κ2) is 7.73. The van der Waals surface area contributed by atoms with Gasteiger partial charge in [-0.15, -0.1) is 0 Å². The van der Waals surface area contributed by atoms with Gasteiger partial charge in [0.15, 0.2) is 0 Å². The average molecular weight is 426 g/mol. The fourth-order valence-electron chi connectivity index (χ4n) is 6.60. The van der Waals surface area contributed by atoms with Crippen molar-refractivity contribution < 1.29 is 9.90 Å². The molecule has 2 aliphatic rings. The minimum Gasteiger partial charge on any atom is -0.476 e. The summed E-state index contributed by atoms with van der Waals surface area (Å²) in [7, 11) is 0. The van der Waals surface area contributed by atoms with Crippen molar-refractivity contribution in [3.05, 3.63) is 40.3 Å². The molecule has 0 spiro atoms. The molecular weight excluding hydrogens is 390 g/mol. The third-order valence-electron chi connectivity index (χ3n) is 6.97. The number of nitrogens with zero attached hydrogens (tertiary/aromatic N) is 3. The highest BCUT2D eigenvalue weighted by Gasteiger charge is 2.46. The number of hydrogen-bond donors (Lipinski definition) is 1. The van der Waals surface area contributed by atoms with Crippen molar-refractivity contribution in [2.75, 3.05) is 0 Å². The molecule has 2 aliphatic heterocycles. The van der Waals surface area contributed by atoms with Gasteiger partial charge in [0.1, 0.15) is 0 Å². The Morgan fingerprint density at radius 1 is 1.06 bits per heavy atom. The molecule has 2 saturated heterocycles. The molecule has 1 N–H and O–H groups in total. The molecule has 0 aliphatic carbocycles. The number of rotatable bonds is 4. The van der Waals surface area contributed by atoms with E-state index in [1.807, 2.05) is 18.2 Å². The van der Waals surface area contributed by atoms with Gasteiger partial charge in [0, 0.05) is 23.7 Å². The number of hydrogen-bond acceptors (Lipinski definition) is 4. The van der Waals surface area contributed by atoms with Gasteiger partial charge in [-0.2, -0.15) is 0 Å². The lowest BCUT2D eigenvalue weighted by Gasteiger charge is -2.57. The molecule has 2 atom stereocenters. The third-order valence-corrected chi connectivity index (χ3v) is 6.97. The molecule has 6 heteroatoms. The van der Waals surface area contributed by atoms with Crippen LogP contribution in [0, 0.1) is 5.41 Å². The summed E-state index contributed by atoms with van der Waals surface area (Å²) in [6.45, 7) is 11.6. The monoisotopic (exact) mass is 425 g/mol. The van der Waals surface area contributed by atoms with Crippen LogP contribution in [0.1, 0.15) is 89.7 Å². The molecule has 3 heterocycles. The Bertz CT molecular complexity index is 1040. The highest BCUT2D eigenvalue weighted by atomic mass is 16.4. The molecule has 2 unspecified atom stereocenters. The number of aromatic nitrogens is 2. The van der Waals surface area contributed by atoms with Crippen molar-refractivity contribution >= 4 is 17.0 Å². The molecule has 0 amide bonds. The van der Waals surface area contributed by atoms with Crippen LogP contribution >= 0.6 is 0 Å². The van der Waals surface area contributed by atoms with E-state index in [1.54, 1.807) is 10.6 Å². The SMILES string of the molecule is CC(C)(C)CC(C)(C)N1C2CCCC1CC(n1c(=O)c(C(=O)O)nc3ccccc31)C2. The number of carboxylic acids is 1. The number of benzene rings is 1. The van der Waals surface area contributed by atoms with Gasteiger partial charge >= 0.3 is 5.97 Å². The highest BCUT2D eigenvalue weighted by Crippen LogP contribution is 2.45. The summed E-state index contributed by atoms with van der Waals surface area (Å²) < 4.78 is 1.74. The minimum absolute atomic E-state index is 0.00418. The molecule has 1 aromatic carbocycles. The number of carbonyl (C=O) groups is 1. The molecular formula is C25H35N3O3. The van der Waals surface area contributed by atoms with Gasteiger partial charge in [-0.3, -0.25) is 9.69 Å². The van der Waals surface area contributed by atoms with Crippen LogP contribution in [0.5, 0.6) is 0 Å². The summed E-state index contributed by atoms with van der Waals surface area (Å²) in [4.78, 5) is 31.8. The molecule has 2 bridgehead atoms. The van der Waals surface area contributed by atoms with Crippen LogP contribution in [0.25, 0.3) is 11.0 Å². The van der Waals surface area contributed by atoms with E-state index in [4.69, 9.17) is 0 Å². The summed E-state index contributed by atoms with van der Waals surface area (Å²) in [6, 6.07) is 8.21. The molecule has 0 saturated carbocycles. The number of fused-ring (bicyclic) bond motifs is 3. The first kappa shape index (κ1) is 22.0. The summed E-state index contributed by atoms with van der Waals surface area (Å²) in [5, 5.41) is 9.58. The molecule has 2 aromatic rings. The fraction of sp³-hybridized carbons (Fsp3) is 0.640. The number of aromatic carboxylic acids is 1. The van der Waals surface area contributed by atoms with Crippen LogP contribution < -0.4 is 5.56 Å². The maximum absolute atomic E-state index is 13.2. The van der Waals surface area contributed by atoms with Gasteiger partial charge in [0.05, 0.1) is 11.0 Å². The zero-order chi connectivity index (χ0) is 22.6. The Morgan fingerprint density at radius 2 is 1.68 bits per heavy atom. The first-order valence-corrected chi connectivity index (χ1v) is 11.5. The Morgan fingerprint density at radius 3 is 2.26 bits per heavy atom. The molecule has 2 fully saturated rings. The van der Waals surface area contributed by atoms with Gasteiger partial charge in [0.25, 0.3) is 5.56 Å². The topological polar surface area (TPSA) is 75.4 Å². The standard InChI is InChI=1S/C25H35N3O3/c1-24(2,3)15-25(4,5)28-16-9-8-10-17(28)14-18(13-16)27-20-12-7-6-11-19(20)26-21(22(27)29)23(30)31/h6-7,11-12,16-18H,8-10,13-15H2,1-5H3,(H,30,31). The zero-order valence-electron chi connectivity index (χ0n) is 19.4. The van der Waals surface area contributed by atoms with Crippen LogP contribution in [0.4, 0.5) is 0 Å². The smallest absolute Gasteiger partial charge is 0.360 e. The van der Waals surface area contributed by atoms with Crippen molar-refractivity contribution in [3.63, 3.8) is 0 Å². The maximum atomic E-state index is 13.2. The molecule has 4 rings (SSSR count). The van der Waals surface area contributed by atoms with Crippen molar-refractivity contribution in [3.8, 4) is 0 Å². The van der Waals surface area contributed by atoms with Gasteiger partial charge in [-0.25, -0.2) is 9.78 Å². The predicted octanol–water partition coefficient (Wildman–Crippen LogP) is 4.87. The Labute approximate surface area is 184 Å². The van der Waals surface area contributed by atoms with Crippen molar-refractivity contribution in [1.82, 2.24) is 14.5 Å². The van der Waals surface area contributed by atoms with Crippen LogP contribution in [0.3, 0.4) is 0 Å². The summed E-state index contributed by atoms with van der Waals surface area (Å²) in [5.74, 6) is -1.26. The fourth-order valence-corrected chi connectivity index (χ4v) is 6.60. The summed E-state index contributed by atoms with van der Waals surface area (Å²) in [5.41, 5.74) is 0.777. The van der Waals surface area contributed by atoms with E-state index in [0.29, 0.717) is 17.6 Å². The summed E-state index contributed by atoms with van der Waals surface area (Å²) >= 11 is 0. The number of piperidine rings is 2. The predicted molar refractivity (Wildman–Crippen MR) is 123 cm³/mol. The van der Waals surface area contributed by atoms with Gasteiger partial charge < -0.3 is 9.67 Å². The lowest BCUT2D eigenvalue weighted by Crippen LogP contribution is -2.61. The Balaban J connectivity index is 1.75. The molecule has 0 radical (unpaired) electrons. The first-order valence-electron chi connectivity index (χ1n) is 11.5. The second-order valence-electron chi connectivity index (χ2n) is 11.3. The van der Waals surface area contributed by atoms with Crippen molar-refractivity contribution in [2.45, 2.75) is 96.8 Å². The van der Waals surface area contributed by atoms with Crippen molar-refractivity contribution in [2.24, 2.45) is 5.41 Å².